The Kier molecular flexibility index (Phi) is 7.17. The summed E-state index contributed by atoms with van der Waals surface area (Å²) in [6.07, 6.45) is 2.15. The molecular weight excluding hydrogens is 471 g/mol. The zero-order valence-corrected chi connectivity index (χ0v) is 19.5. The maximum absolute atomic E-state index is 13.2. The highest BCUT2D eigenvalue weighted by molar-refractivity contribution is 7.89. The molecule has 4 rings (SSSR count). The van der Waals surface area contributed by atoms with Gasteiger partial charge < -0.3 is 10.2 Å². The number of hydrogen-bond acceptors (Lipinski definition) is 5. The minimum Gasteiger partial charge on any atom is -0.370 e. The van der Waals surface area contributed by atoms with Gasteiger partial charge in [0, 0.05) is 32.4 Å². The topological polar surface area (TPSA) is 87.5 Å². The highest BCUT2D eigenvalue weighted by Crippen LogP contribution is 2.33. The number of nitrogens with one attached hydrogen (secondary N) is 1. The second kappa shape index (κ2) is 9.95. The van der Waals surface area contributed by atoms with Crippen LogP contribution >= 0.6 is 0 Å². The van der Waals surface area contributed by atoms with Crippen molar-refractivity contribution in [2.45, 2.75) is 56.1 Å². The standard InChI is InChI=1S/C22H28F3N5O3S/c23-22(24,25)20-9-14-29(27-20)16-21(31)26-18-15-17(34(32,33)30-12-5-2-6-13-30)7-8-19(18)28-10-3-1-4-11-28/h7-9,14-15H,1-6,10-13,16H2,(H,26,31). The fraction of sp³-hybridized carbons (Fsp3) is 0.545. The lowest BCUT2D eigenvalue weighted by molar-refractivity contribution is -0.141. The number of piperidine rings is 2. The number of carbonyl (C=O) groups is 1. The van der Waals surface area contributed by atoms with Crippen LogP contribution in [0.25, 0.3) is 0 Å². The zero-order valence-electron chi connectivity index (χ0n) is 18.7. The Morgan fingerprint density at radius 3 is 2.24 bits per heavy atom. The number of amides is 1. The summed E-state index contributed by atoms with van der Waals surface area (Å²) in [5.41, 5.74) is -0.0563. The summed E-state index contributed by atoms with van der Waals surface area (Å²) in [5, 5.41) is 6.13. The summed E-state index contributed by atoms with van der Waals surface area (Å²) in [6.45, 7) is 2.03. The summed E-state index contributed by atoms with van der Waals surface area (Å²) in [5.74, 6) is -0.595. The first kappa shape index (κ1) is 24.5. The lowest BCUT2D eigenvalue weighted by Gasteiger charge is -2.31. The van der Waals surface area contributed by atoms with E-state index >= 15 is 0 Å². The van der Waals surface area contributed by atoms with Crippen LogP contribution in [-0.4, -0.2) is 54.6 Å². The lowest BCUT2D eigenvalue weighted by Crippen LogP contribution is -2.36. The first-order chi connectivity index (χ1) is 16.1. The molecule has 1 N–H and O–H groups in total. The van der Waals surface area contributed by atoms with Crippen molar-refractivity contribution in [3.8, 4) is 0 Å². The van der Waals surface area contributed by atoms with Crippen LogP contribution < -0.4 is 10.2 Å². The molecule has 34 heavy (non-hydrogen) atoms. The molecule has 0 atom stereocenters. The molecule has 0 spiro atoms. The smallest absolute Gasteiger partial charge is 0.370 e. The summed E-state index contributed by atoms with van der Waals surface area (Å²) < 4.78 is 67.2. The summed E-state index contributed by atoms with van der Waals surface area (Å²) in [6, 6.07) is 5.52. The third kappa shape index (κ3) is 5.54. The second-order valence-electron chi connectivity index (χ2n) is 8.64. The van der Waals surface area contributed by atoms with Crippen LogP contribution in [0.15, 0.2) is 35.4 Å². The van der Waals surface area contributed by atoms with Gasteiger partial charge in [0.2, 0.25) is 15.9 Å². The minimum atomic E-state index is -4.60. The predicted molar refractivity (Wildman–Crippen MR) is 121 cm³/mol. The number of alkyl halides is 3. The van der Waals surface area contributed by atoms with E-state index in [-0.39, 0.29) is 4.90 Å². The first-order valence-electron chi connectivity index (χ1n) is 11.4. The van der Waals surface area contributed by atoms with Crippen molar-refractivity contribution in [1.29, 1.82) is 0 Å². The van der Waals surface area contributed by atoms with E-state index in [1.54, 1.807) is 12.1 Å². The van der Waals surface area contributed by atoms with E-state index in [9.17, 15) is 26.4 Å². The average Bonchev–Trinajstić information content (AvgIpc) is 3.29. The molecule has 0 aliphatic carbocycles. The quantitative estimate of drug-likeness (QED) is 0.655. The molecule has 0 bridgehead atoms. The van der Waals surface area contributed by atoms with Crippen LogP contribution in [0.1, 0.15) is 44.2 Å². The molecule has 8 nitrogen and oxygen atoms in total. The molecule has 1 amide bonds. The molecule has 12 heteroatoms. The molecule has 0 unspecified atom stereocenters. The number of hydrogen-bond donors (Lipinski definition) is 1. The van der Waals surface area contributed by atoms with E-state index < -0.39 is 34.3 Å². The van der Waals surface area contributed by atoms with Gasteiger partial charge in [0.25, 0.3) is 0 Å². The van der Waals surface area contributed by atoms with E-state index in [2.05, 4.69) is 15.3 Å². The Bertz CT molecular complexity index is 1120. The maximum atomic E-state index is 13.2. The van der Waals surface area contributed by atoms with Crippen molar-refractivity contribution in [2.75, 3.05) is 36.4 Å². The summed E-state index contributed by atoms with van der Waals surface area (Å²) in [7, 11) is -3.72. The van der Waals surface area contributed by atoms with E-state index in [4.69, 9.17) is 0 Å². The van der Waals surface area contributed by atoms with Gasteiger partial charge in [0.15, 0.2) is 5.69 Å². The van der Waals surface area contributed by atoms with Crippen molar-refractivity contribution in [3.63, 3.8) is 0 Å². The SMILES string of the molecule is O=C(Cn1ccc(C(F)(F)F)n1)Nc1cc(S(=O)(=O)N2CCCCC2)ccc1N1CCCCC1. The van der Waals surface area contributed by atoms with Crippen LogP contribution in [-0.2, 0) is 27.5 Å². The molecule has 2 aromatic rings. The van der Waals surface area contributed by atoms with Crippen LogP contribution in [0, 0.1) is 0 Å². The number of rotatable bonds is 6. The fourth-order valence-electron chi connectivity index (χ4n) is 4.38. The molecule has 186 valence electrons. The Labute approximate surface area is 196 Å². The third-order valence-corrected chi connectivity index (χ3v) is 8.02. The van der Waals surface area contributed by atoms with Crippen LogP contribution in [0.2, 0.25) is 0 Å². The van der Waals surface area contributed by atoms with Gasteiger partial charge in [-0.1, -0.05) is 6.42 Å². The average molecular weight is 500 g/mol. The molecule has 1 aromatic heterocycles. The van der Waals surface area contributed by atoms with E-state index in [1.807, 2.05) is 0 Å². The van der Waals surface area contributed by atoms with Gasteiger partial charge in [-0.3, -0.25) is 9.48 Å². The molecule has 2 aliphatic heterocycles. The number of aromatic nitrogens is 2. The number of nitrogens with zero attached hydrogens (tertiary/aromatic N) is 4. The first-order valence-corrected chi connectivity index (χ1v) is 12.9. The predicted octanol–water partition coefficient (Wildman–Crippen LogP) is 3.71. The number of sulfonamides is 1. The normalized spacial score (nSPS) is 18.1. The fourth-order valence-corrected chi connectivity index (χ4v) is 5.92. The molecule has 3 heterocycles. The molecule has 0 saturated carbocycles. The van der Waals surface area contributed by atoms with Gasteiger partial charge in [0.05, 0.1) is 16.3 Å². The number of anilines is 2. The van der Waals surface area contributed by atoms with Crippen molar-refractivity contribution in [3.05, 3.63) is 36.2 Å². The van der Waals surface area contributed by atoms with Gasteiger partial charge in [-0.2, -0.15) is 22.6 Å². The Morgan fingerprint density at radius 2 is 1.62 bits per heavy atom. The number of carbonyl (C=O) groups excluding carboxylic acids is 1. The van der Waals surface area contributed by atoms with Gasteiger partial charge in [-0.15, -0.1) is 0 Å². The summed E-state index contributed by atoms with van der Waals surface area (Å²) >= 11 is 0. The Morgan fingerprint density at radius 1 is 0.971 bits per heavy atom. The summed E-state index contributed by atoms with van der Waals surface area (Å²) in [4.78, 5) is 14.9. The Hall–Kier alpha value is -2.60. The monoisotopic (exact) mass is 499 g/mol. The minimum absolute atomic E-state index is 0.0870. The van der Waals surface area contributed by atoms with E-state index in [0.717, 1.165) is 68.6 Å². The molecule has 2 aliphatic rings. The van der Waals surface area contributed by atoms with Crippen molar-refractivity contribution < 1.29 is 26.4 Å². The van der Waals surface area contributed by atoms with Gasteiger partial charge in [-0.25, -0.2) is 8.42 Å². The molecule has 0 radical (unpaired) electrons. The van der Waals surface area contributed by atoms with E-state index in [1.165, 1.54) is 10.4 Å². The zero-order chi connectivity index (χ0) is 24.3. The highest BCUT2D eigenvalue weighted by Gasteiger charge is 2.33. The molecule has 2 fully saturated rings. The molecule has 1 aromatic carbocycles. The number of benzene rings is 1. The van der Waals surface area contributed by atoms with Gasteiger partial charge in [0.1, 0.15) is 6.54 Å². The molecule has 2 saturated heterocycles. The Balaban J connectivity index is 1.59. The maximum Gasteiger partial charge on any atom is 0.435 e. The van der Waals surface area contributed by atoms with E-state index in [0.29, 0.717) is 24.5 Å². The van der Waals surface area contributed by atoms with Crippen molar-refractivity contribution in [2.24, 2.45) is 0 Å². The lowest BCUT2D eigenvalue weighted by atomic mass is 10.1. The van der Waals surface area contributed by atoms with Gasteiger partial charge in [-0.05, 0) is 56.4 Å². The number of halogens is 3. The van der Waals surface area contributed by atoms with Gasteiger partial charge >= 0.3 is 6.18 Å². The van der Waals surface area contributed by atoms with Crippen molar-refractivity contribution >= 4 is 27.3 Å². The van der Waals surface area contributed by atoms with Crippen molar-refractivity contribution in [1.82, 2.24) is 14.1 Å². The largest absolute Gasteiger partial charge is 0.435 e. The third-order valence-electron chi connectivity index (χ3n) is 6.13. The van der Waals surface area contributed by atoms with Crippen LogP contribution in [0.3, 0.4) is 0 Å². The highest BCUT2D eigenvalue weighted by atomic mass is 32.2. The van der Waals surface area contributed by atoms with Crippen LogP contribution in [0.5, 0.6) is 0 Å². The van der Waals surface area contributed by atoms with Crippen LogP contribution in [0.4, 0.5) is 24.5 Å². The second-order valence-corrected chi connectivity index (χ2v) is 10.6. The molecular formula is C22H28F3N5O3S.